The van der Waals surface area contributed by atoms with Gasteiger partial charge in [-0.05, 0) is 60.7 Å². The first kappa shape index (κ1) is 15.3. The third-order valence-electron chi connectivity index (χ3n) is 4.38. The maximum atomic E-state index is 3.68. The molecule has 1 nitrogen and oxygen atoms in total. The average Bonchev–Trinajstić information content (AvgIpc) is 2.50. The summed E-state index contributed by atoms with van der Waals surface area (Å²) in [4.78, 5) is 0. The third kappa shape index (κ3) is 3.41. The van der Waals surface area contributed by atoms with Crippen LogP contribution in [-0.4, -0.2) is 13.1 Å². The molecular weight excluding hydrogens is 390 g/mol. The van der Waals surface area contributed by atoms with Crippen LogP contribution in [0, 0.1) is 6.92 Å². The van der Waals surface area contributed by atoms with Crippen molar-refractivity contribution < 1.29 is 0 Å². The summed E-state index contributed by atoms with van der Waals surface area (Å²) in [6, 6.07) is 15.6. The van der Waals surface area contributed by atoms with Gasteiger partial charge in [0.25, 0.3) is 0 Å². The summed E-state index contributed by atoms with van der Waals surface area (Å²) in [5, 5.41) is 3.55. The molecule has 0 bridgehead atoms. The molecule has 0 saturated carbocycles. The molecule has 3 rings (SSSR count). The number of piperidine rings is 1. The second-order valence-corrected chi connectivity index (χ2v) is 7.54. The van der Waals surface area contributed by atoms with Crippen LogP contribution in [0.5, 0.6) is 0 Å². The normalized spacial score (nSPS) is 22.2. The van der Waals surface area contributed by atoms with Gasteiger partial charge in [0.15, 0.2) is 0 Å². The fraction of sp³-hybridized carbons (Fsp3) is 0.333. The minimum atomic E-state index is 0.533. The molecule has 0 aromatic heterocycles. The molecule has 1 heterocycles. The molecular formula is C18H19Br2N. The average molecular weight is 409 g/mol. The number of halogens is 2. The van der Waals surface area contributed by atoms with E-state index in [0.29, 0.717) is 11.8 Å². The standard InChI is InChI=1S/C18H19Br2N/c1-12-5-6-14(10-18(12)20)16-7-8-21-11-17(16)13-3-2-4-15(19)9-13/h2-6,9-10,16-17,21H,7-8,11H2,1H3. The molecule has 2 unspecified atom stereocenters. The van der Waals surface area contributed by atoms with E-state index in [1.54, 1.807) is 0 Å². The molecule has 2 aromatic rings. The molecule has 1 aliphatic rings. The number of rotatable bonds is 2. The van der Waals surface area contributed by atoms with Crippen LogP contribution in [0.1, 0.15) is 34.9 Å². The minimum Gasteiger partial charge on any atom is -0.316 e. The number of hydrogen-bond donors (Lipinski definition) is 1. The Morgan fingerprint density at radius 2 is 1.81 bits per heavy atom. The molecule has 1 saturated heterocycles. The summed E-state index contributed by atoms with van der Waals surface area (Å²) in [5.74, 6) is 1.11. The van der Waals surface area contributed by atoms with Crippen LogP contribution in [0.25, 0.3) is 0 Å². The van der Waals surface area contributed by atoms with Crippen LogP contribution in [0.4, 0.5) is 0 Å². The van der Waals surface area contributed by atoms with Crippen LogP contribution >= 0.6 is 31.9 Å². The van der Waals surface area contributed by atoms with Gasteiger partial charge in [0.1, 0.15) is 0 Å². The van der Waals surface area contributed by atoms with E-state index in [4.69, 9.17) is 0 Å². The number of benzene rings is 2. The van der Waals surface area contributed by atoms with Crippen molar-refractivity contribution in [2.24, 2.45) is 0 Å². The van der Waals surface area contributed by atoms with Crippen molar-refractivity contribution in [3.05, 3.63) is 68.1 Å². The lowest BCUT2D eigenvalue weighted by atomic mass is 9.77. The van der Waals surface area contributed by atoms with Crippen molar-refractivity contribution in [3.63, 3.8) is 0 Å². The van der Waals surface area contributed by atoms with Crippen LogP contribution in [0.2, 0.25) is 0 Å². The first-order valence-electron chi connectivity index (χ1n) is 7.37. The Morgan fingerprint density at radius 3 is 2.57 bits per heavy atom. The third-order valence-corrected chi connectivity index (χ3v) is 5.73. The van der Waals surface area contributed by atoms with Gasteiger partial charge in [0.05, 0.1) is 0 Å². The van der Waals surface area contributed by atoms with Gasteiger partial charge < -0.3 is 5.32 Å². The van der Waals surface area contributed by atoms with Crippen molar-refractivity contribution in [1.82, 2.24) is 5.32 Å². The quantitative estimate of drug-likeness (QED) is 0.703. The highest BCUT2D eigenvalue weighted by molar-refractivity contribution is 9.10. The van der Waals surface area contributed by atoms with Crippen molar-refractivity contribution in [2.75, 3.05) is 13.1 Å². The first-order chi connectivity index (χ1) is 10.1. The largest absolute Gasteiger partial charge is 0.316 e. The highest BCUT2D eigenvalue weighted by Gasteiger charge is 2.28. The predicted octanol–water partition coefficient (Wildman–Crippen LogP) is 5.38. The monoisotopic (exact) mass is 407 g/mol. The Labute approximate surface area is 143 Å². The summed E-state index contributed by atoms with van der Waals surface area (Å²) in [6.45, 7) is 4.29. The molecule has 0 amide bonds. The second kappa shape index (κ2) is 6.64. The smallest absolute Gasteiger partial charge is 0.0207 e. The SMILES string of the molecule is Cc1ccc(C2CCNCC2c2cccc(Br)c2)cc1Br. The zero-order chi connectivity index (χ0) is 14.8. The van der Waals surface area contributed by atoms with Gasteiger partial charge in [0, 0.05) is 21.4 Å². The maximum absolute atomic E-state index is 3.68. The maximum Gasteiger partial charge on any atom is 0.0207 e. The van der Waals surface area contributed by atoms with Crippen molar-refractivity contribution in [3.8, 4) is 0 Å². The van der Waals surface area contributed by atoms with Crippen LogP contribution < -0.4 is 5.32 Å². The Kier molecular flexibility index (Phi) is 4.82. The molecule has 2 atom stereocenters. The van der Waals surface area contributed by atoms with Crippen molar-refractivity contribution in [1.29, 1.82) is 0 Å². The number of nitrogens with one attached hydrogen (secondary N) is 1. The lowest BCUT2D eigenvalue weighted by Crippen LogP contribution is -2.34. The van der Waals surface area contributed by atoms with E-state index >= 15 is 0 Å². The summed E-state index contributed by atoms with van der Waals surface area (Å²) in [6.07, 6.45) is 1.19. The molecule has 110 valence electrons. The van der Waals surface area contributed by atoms with Crippen molar-refractivity contribution >= 4 is 31.9 Å². The molecule has 1 aliphatic heterocycles. The fourth-order valence-electron chi connectivity index (χ4n) is 3.18. The topological polar surface area (TPSA) is 12.0 Å². The van der Waals surface area contributed by atoms with Crippen LogP contribution in [-0.2, 0) is 0 Å². The molecule has 1 fully saturated rings. The molecule has 0 radical (unpaired) electrons. The Bertz CT molecular complexity index is 639. The van der Waals surface area contributed by atoms with E-state index in [2.05, 4.69) is 86.6 Å². The fourth-order valence-corrected chi connectivity index (χ4v) is 4.00. The molecule has 1 N–H and O–H groups in total. The van der Waals surface area contributed by atoms with E-state index in [0.717, 1.165) is 17.6 Å². The molecule has 0 aliphatic carbocycles. The zero-order valence-corrected chi connectivity index (χ0v) is 15.2. The van der Waals surface area contributed by atoms with E-state index in [-0.39, 0.29) is 0 Å². The highest BCUT2D eigenvalue weighted by Crippen LogP contribution is 2.39. The van der Waals surface area contributed by atoms with Crippen LogP contribution in [0.15, 0.2) is 51.4 Å². The van der Waals surface area contributed by atoms with Crippen LogP contribution in [0.3, 0.4) is 0 Å². The zero-order valence-electron chi connectivity index (χ0n) is 12.1. The second-order valence-electron chi connectivity index (χ2n) is 5.77. The van der Waals surface area contributed by atoms with Gasteiger partial charge in [0.2, 0.25) is 0 Å². The van der Waals surface area contributed by atoms with E-state index in [1.165, 1.54) is 27.6 Å². The van der Waals surface area contributed by atoms with Gasteiger partial charge in [-0.2, -0.15) is 0 Å². The van der Waals surface area contributed by atoms with E-state index in [1.807, 2.05) is 0 Å². The minimum absolute atomic E-state index is 0.533. The first-order valence-corrected chi connectivity index (χ1v) is 8.96. The summed E-state index contributed by atoms with van der Waals surface area (Å²) >= 11 is 7.28. The summed E-state index contributed by atoms with van der Waals surface area (Å²) in [7, 11) is 0. The molecule has 21 heavy (non-hydrogen) atoms. The summed E-state index contributed by atoms with van der Waals surface area (Å²) in [5.41, 5.74) is 4.16. The van der Waals surface area contributed by atoms with Gasteiger partial charge in [-0.3, -0.25) is 0 Å². The molecule has 0 spiro atoms. The van der Waals surface area contributed by atoms with Gasteiger partial charge in [-0.25, -0.2) is 0 Å². The van der Waals surface area contributed by atoms with Gasteiger partial charge >= 0.3 is 0 Å². The Balaban J connectivity index is 1.96. The Morgan fingerprint density at radius 1 is 1.00 bits per heavy atom. The highest BCUT2D eigenvalue weighted by atomic mass is 79.9. The summed E-state index contributed by atoms with van der Waals surface area (Å²) < 4.78 is 2.38. The lowest BCUT2D eigenvalue weighted by molar-refractivity contribution is 0.404. The molecule has 3 heteroatoms. The number of aryl methyl sites for hydroxylation is 1. The lowest BCUT2D eigenvalue weighted by Gasteiger charge is -2.33. The van der Waals surface area contributed by atoms with Gasteiger partial charge in [-0.15, -0.1) is 0 Å². The van der Waals surface area contributed by atoms with Gasteiger partial charge in [-0.1, -0.05) is 56.1 Å². The van der Waals surface area contributed by atoms with E-state index < -0.39 is 0 Å². The van der Waals surface area contributed by atoms with Crippen molar-refractivity contribution in [2.45, 2.75) is 25.2 Å². The molecule has 2 aromatic carbocycles. The Hall–Kier alpha value is -0.640. The predicted molar refractivity (Wildman–Crippen MR) is 96.0 cm³/mol. The van der Waals surface area contributed by atoms with E-state index in [9.17, 15) is 0 Å². The number of hydrogen-bond acceptors (Lipinski definition) is 1.